The minimum atomic E-state index is -1.06. The zero-order chi connectivity index (χ0) is 14.6. The van der Waals surface area contributed by atoms with Gasteiger partial charge < -0.3 is 15.5 Å². The maximum absolute atomic E-state index is 12.0. The minimum Gasteiger partial charge on any atom is -0.389 e. The Kier molecular flexibility index (Phi) is 4.83. The number of carbonyl (C=O) groups is 1. The van der Waals surface area contributed by atoms with Crippen LogP contribution in [0.5, 0.6) is 0 Å². The van der Waals surface area contributed by atoms with Crippen molar-refractivity contribution in [1.29, 1.82) is 0 Å². The summed E-state index contributed by atoms with van der Waals surface area (Å²) in [5, 5.41) is 27.2. The van der Waals surface area contributed by atoms with Gasteiger partial charge in [0.05, 0.1) is 18.6 Å². The molecule has 1 aliphatic carbocycles. The summed E-state index contributed by atoms with van der Waals surface area (Å²) in [5.41, 5.74) is -1.11. The molecule has 1 saturated carbocycles. The molecule has 1 unspecified atom stereocenters. The smallest absolute Gasteiger partial charge is 0.223 e. The highest BCUT2D eigenvalue weighted by molar-refractivity contribution is 7.08. The molecule has 0 aliphatic heterocycles. The topological polar surface area (TPSA) is 69.6 Å². The average molecular weight is 297 g/mol. The second-order valence-corrected chi connectivity index (χ2v) is 6.80. The van der Waals surface area contributed by atoms with Crippen LogP contribution in [0.3, 0.4) is 0 Å². The van der Waals surface area contributed by atoms with E-state index in [9.17, 15) is 15.0 Å². The first-order valence-electron chi connectivity index (χ1n) is 7.15. The maximum atomic E-state index is 12.0. The highest BCUT2D eigenvalue weighted by Gasteiger charge is 2.32. The molecule has 3 N–H and O–H groups in total. The third kappa shape index (κ3) is 4.04. The lowest BCUT2D eigenvalue weighted by Crippen LogP contribution is -2.43. The van der Waals surface area contributed by atoms with Gasteiger partial charge in [-0.1, -0.05) is 19.3 Å². The molecule has 112 valence electrons. The second kappa shape index (κ2) is 6.24. The standard InChI is InChI=1S/C15H23NO3S/c1-14(18,12-5-8-20-10-12)11-16-13(17)9-15(19)6-3-2-4-7-15/h5,8,10,18-19H,2-4,6-7,9,11H2,1H3,(H,16,17). The zero-order valence-corrected chi connectivity index (χ0v) is 12.7. The Morgan fingerprint density at radius 2 is 2.15 bits per heavy atom. The lowest BCUT2D eigenvalue weighted by molar-refractivity contribution is -0.128. The second-order valence-electron chi connectivity index (χ2n) is 6.02. The Bertz CT molecular complexity index is 436. The number of nitrogens with one attached hydrogen (secondary N) is 1. The molecule has 4 nitrogen and oxygen atoms in total. The van der Waals surface area contributed by atoms with Crippen molar-refractivity contribution in [3.05, 3.63) is 22.4 Å². The molecule has 1 fully saturated rings. The fourth-order valence-electron chi connectivity index (χ4n) is 2.69. The molecule has 1 amide bonds. The van der Waals surface area contributed by atoms with E-state index in [4.69, 9.17) is 0 Å². The molecule has 0 spiro atoms. The van der Waals surface area contributed by atoms with Gasteiger partial charge >= 0.3 is 0 Å². The van der Waals surface area contributed by atoms with Gasteiger partial charge in [0, 0.05) is 0 Å². The summed E-state index contributed by atoms with van der Waals surface area (Å²) >= 11 is 1.52. The van der Waals surface area contributed by atoms with E-state index in [1.807, 2.05) is 16.8 Å². The lowest BCUT2D eigenvalue weighted by Gasteiger charge is -2.32. The van der Waals surface area contributed by atoms with Crippen molar-refractivity contribution in [2.45, 2.75) is 56.7 Å². The van der Waals surface area contributed by atoms with Crippen molar-refractivity contribution >= 4 is 17.2 Å². The average Bonchev–Trinajstić information content (AvgIpc) is 2.91. The molecule has 1 atom stereocenters. The Hall–Kier alpha value is -0.910. The number of thiophene rings is 1. The maximum Gasteiger partial charge on any atom is 0.223 e. The van der Waals surface area contributed by atoms with Crippen LogP contribution < -0.4 is 5.32 Å². The van der Waals surface area contributed by atoms with Gasteiger partial charge in [0.15, 0.2) is 0 Å². The molecule has 5 heteroatoms. The summed E-state index contributed by atoms with van der Waals surface area (Å²) < 4.78 is 0. The molecule has 1 heterocycles. The van der Waals surface area contributed by atoms with E-state index in [0.717, 1.165) is 24.8 Å². The third-order valence-corrected chi connectivity index (χ3v) is 4.73. The molecule has 1 aromatic heterocycles. The summed E-state index contributed by atoms with van der Waals surface area (Å²) in [4.78, 5) is 12.0. The van der Waals surface area contributed by atoms with Crippen molar-refractivity contribution in [2.75, 3.05) is 6.54 Å². The SMILES string of the molecule is CC(O)(CNC(=O)CC1(O)CCCCC1)c1ccsc1. The first-order valence-corrected chi connectivity index (χ1v) is 8.10. The van der Waals surface area contributed by atoms with Gasteiger partial charge in [-0.2, -0.15) is 11.3 Å². The number of carbonyl (C=O) groups excluding carboxylic acids is 1. The third-order valence-electron chi connectivity index (χ3n) is 4.05. The lowest BCUT2D eigenvalue weighted by atomic mass is 9.82. The number of aliphatic hydroxyl groups is 2. The Balaban J connectivity index is 1.83. The number of amides is 1. The van der Waals surface area contributed by atoms with Gasteiger partial charge in [0.1, 0.15) is 5.60 Å². The Morgan fingerprint density at radius 3 is 2.75 bits per heavy atom. The van der Waals surface area contributed by atoms with Crippen LogP contribution in [0.1, 0.15) is 51.0 Å². The van der Waals surface area contributed by atoms with Gasteiger partial charge in [-0.25, -0.2) is 0 Å². The normalized spacial score (nSPS) is 21.1. The molecule has 2 rings (SSSR count). The van der Waals surface area contributed by atoms with E-state index in [1.54, 1.807) is 6.92 Å². The number of hydrogen-bond acceptors (Lipinski definition) is 4. The van der Waals surface area contributed by atoms with E-state index in [2.05, 4.69) is 5.32 Å². The highest BCUT2D eigenvalue weighted by Crippen LogP contribution is 2.30. The first kappa shape index (κ1) is 15.5. The molecular weight excluding hydrogens is 274 g/mol. The number of hydrogen-bond donors (Lipinski definition) is 3. The first-order chi connectivity index (χ1) is 9.41. The van der Waals surface area contributed by atoms with Crippen LogP contribution in [0, 0.1) is 0 Å². The fraction of sp³-hybridized carbons (Fsp3) is 0.667. The largest absolute Gasteiger partial charge is 0.389 e. The molecule has 1 aliphatic rings. The van der Waals surface area contributed by atoms with Crippen LogP contribution in [0.15, 0.2) is 16.8 Å². The van der Waals surface area contributed by atoms with Crippen LogP contribution in [-0.4, -0.2) is 28.3 Å². The van der Waals surface area contributed by atoms with E-state index in [1.165, 1.54) is 11.3 Å². The molecule has 0 radical (unpaired) electrons. The summed E-state index contributed by atoms with van der Waals surface area (Å²) in [6.07, 6.45) is 4.62. The van der Waals surface area contributed by atoms with Crippen LogP contribution in [0.2, 0.25) is 0 Å². The molecule has 20 heavy (non-hydrogen) atoms. The van der Waals surface area contributed by atoms with Crippen molar-refractivity contribution in [3.8, 4) is 0 Å². The van der Waals surface area contributed by atoms with Gasteiger partial charge in [0.25, 0.3) is 0 Å². The van der Waals surface area contributed by atoms with Crippen molar-refractivity contribution in [2.24, 2.45) is 0 Å². The van der Waals surface area contributed by atoms with Crippen LogP contribution in [-0.2, 0) is 10.4 Å². The van der Waals surface area contributed by atoms with Crippen LogP contribution in [0.4, 0.5) is 0 Å². The van der Waals surface area contributed by atoms with Crippen LogP contribution >= 0.6 is 11.3 Å². The van der Waals surface area contributed by atoms with E-state index >= 15 is 0 Å². The van der Waals surface area contributed by atoms with E-state index in [0.29, 0.717) is 12.8 Å². The molecular formula is C15H23NO3S. The number of rotatable bonds is 5. The quantitative estimate of drug-likeness (QED) is 0.780. The minimum absolute atomic E-state index is 0.132. The predicted molar refractivity (Wildman–Crippen MR) is 79.6 cm³/mol. The van der Waals surface area contributed by atoms with Crippen LogP contribution in [0.25, 0.3) is 0 Å². The molecule has 0 bridgehead atoms. The summed E-state index contributed by atoms with van der Waals surface area (Å²) in [6.45, 7) is 1.85. The summed E-state index contributed by atoms with van der Waals surface area (Å²) in [5.74, 6) is -0.190. The van der Waals surface area contributed by atoms with Gasteiger partial charge in [-0.3, -0.25) is 4.79 Å². The van der Waals surface area contributed by atoms with Gasteiger partial charge in [-0.05, 0) is 42.2 Å². The molecule has 0 saturated heterocycles. The van der Waals surface area contributed by atoms with E-state index < -0.39 is 11.2 Å². The van der Waals surface area contributed by atoms with Crippen molar-refractivity contribution in [1.82, 2.24) is 5.32 Å². The van der Waals surface area contributed by atoms with Gasteiger partial charge in [-0.15, -0.1) is 0 Å². The summed E-state index contributed by atoms with van der Waals surface area (Å²) in [7, 11) is 0. The predicted octanol–water partition coefficient (Wildman–Crippen LogP) is 2.16. The fourth-order valence-corrected chi connectivity index (χ4v) is 3.47. The van der Waals surface area contributed by atoms with E-state index in [-0.39, 0.29) is 18.9 Å². The van der Waals surface area contributed by atoms with Crippen molar-refractivity contribution in [3.63, 3.8) is 0 Å². The monoisotopic (exact) mass is 297 g/mol. The molecule has 0 aromatic carbocycles. The highest BCUT2D eigenvalue weighted by atomic mass is 32.1. The summed E-state index contributed by atoms with van der Waals surface area (Å²) in [6, 6.07) is 1.85. The zero-order valence-electron chi connectivity index (χ0n) is 11.9. The Labute approximate surface area is 123 Å². The molecule has 1 aromatic rings. The van der Waals surface area contributed by atoms with Gasteiger partial charge in [0.2, 0.25) is 5.91 Å². The van der Waals surface area contributed by atoms with Crippen molar-refractivity contribution < 1.29 is 15.0 Å². The Morgan fingerprint density at radius 1 is 1.45 bits per heavy atom.